The van der Waals surface area contributed by atoms with Gasteiger partial charge in [-0.1, -0.05) is 6.07 Å². The molecule has 0 bridgehead atoms. The molecule has 0 aromatic heterocycles. The van der Waals surface area contributed by atoms with Crippen LogP contribution in [0.5, 0.6) is 5.75 Å². The van der Waals surface area contributed by atoms with Crippen LogP contribution in [0, 0.1) is 6.92 Å². The van der Waals surface area contributed by atoms with E-state index < -0.39 is 15.8 Å². The monoisotopic (exact) mass is 368 g/mol. The average Bonchev–Trinajstić information content (AvgIpc) is 2.86. The molecule has 1 amide bonds. The lowest BCUT2D eigenvalue weighted by atomic mass is 10.1. The van der Waals surface area contributed by atoms with Gasteiger partial charge in [0, 0.05) is 24.7 Å². The van der Waals surface area contributed by atoms with E-state index in [1.807, 2.05) is 0 Å². The third-order valence-electron chi connectivity index (χ3n) is 4.67. The highest BCUT2D eigenvalue weighted by Crippen LogP contribution is 2.23. The fourth-order valence-electron chi connectivity index (χ4n) is 3.40. The van der Waals surface area contributed by atoms with Gasteiger partial charge in [-0.25, -0.2) is 13.2 Å². The third-order valence-corrected chi connectivity index (χ3v) is 6.38. The summed E-state index contributed by atoms with van der Waals surface area (Å²) >= 11 is 0. The summed E-state index contributed by atoms with van der Waals surface area (Å²) < 4.78 is 29.2. The molecule has 0 aliphatic carbocycles. The minimum absolute atomic E-state index is 0.0378. The highest BCUT2D eigenvalue weighted by Gasteiger charge is 2.44. The summed E-state index contributed by atoms with van der Waals surface area (Å²) in [6, 6.07) is 4.02. The van der Waals surface area contributed by atoms with Crippen LogP contribution < -0.4 is 10.1 Å². The number of nitrogens with zero attached hydrogens (tertiary/aromatic N) is 1. The zero-order valence-electron chi connectivity index (χ0n) is 13.8. The van der Waals surface area contributed by atoms with Gasteiger partial charge in [0.15, 0.2) is 16.4 Å². The van der Waals surface area contributed by atoms with Crippen molar-refractivity contribution in [2.24, 2.45) is 0 Å². The lowest BCUT2D eigenvalue weighted by molar-refractivity contribution is -0.136. The molecule has 136 valence electrons. The van der Waals surface area contributed by atoms with E-state index in [1.54, 1.807) is 24.0 Å². The van der Waals surface area contributed by atoms with Gasteiger partial charge in [-0.2, -0.15) is 0 Å². The molecule has 2 N–H and O–H groups in total. The summed E-state index contributed by atoms with van der Waals surface area (Å²) in [5.41, 5.74) is 0.568. The van der Waals surface area contributed by atoms with Crippen molar-refractivity contribution in [3.05, 3.63) is 29.3 Å². The number of carboxylic acids is 1. The second-order valence-electron chi connectivity index (χ2n) is 6.31. The molecule has 2 aliphatic heterocycles. The molecule has 2 aliphatic rings. The molecule has 25 heavy (non-hydrogen) atoms. The molecule has 0 unspecified atom stereocenters. The van der Waals surface area contributed by atoms with E-state index >= 15 is 0 Å². The summed E-state index contributed by atoms with van der Waals surface area (Å²) in [7, 11) is -3.15. The van der Waals surface area contributed by atoms with E-state index in [9.17, 15) is 18.0 Å². The molecule has 2 atom stereocenters. The summed E-state index contributed by atoms with van der Waals surface area (Å²) in [5, 5.41) is 12.3. The first kappa shape index (κ1) is 17.7. The maximum Gasteiger partial charge on any atom is 0.336 e. The Morgan fingerprint density at radius 3 is 2.84 bits per heavy atom. The van der Waals surface area contributed by atoms with Crippen LogP contribution in [0.4, 0.5) is 0 Å². The third kappa shape index (κ3) is 3.62. The largest absolute Gasteiger partial charge is 0.483 e. The molecule has 0 saturated carbocycles. The van der Waals surface area contributed by atoms with Crippen molar-refractivity contribution in [2.75, 3.05) is 31.2 Å². The van der Waals surface area contributed by atoms with Gasteiger partial charge in [0.05, 0.1) is 23.1 Å². The number of nitrogens with one attached hydrogen (secondary N) is 1. The quantitative estimate of drug-likeness (QED) is 0.748. The smallest absolute Gasteiger partial charge is 0.336 e. The molecular formula is C16H20N2O6S. The first-order valence-corrected chi connectivity index (χ1v) is 9.79. The van der Waals surface area contributed by atoms with Crippen molar-refractivity contribution in [1.82, 2.24) is 10.2 Å². The van der Waals surface area contributed by atoms with Crippen LogP contribution in [0.15, 0.2) is 18.2 Å². The van der Waals surface area contributed by atoms with Gasteiger partial charge >= 0.3 is 5.97 Å². The second kappa shape index (κ2) is 6.64. The van der Waals surface area contributed by atoms with Crippen LogP contribution in [0.25, 0.3) is 0 Å². The number of hydrogen-bond acceptors (Lipinski definition) is 6. The van der Waals surface area contributed by atoms with Gasteiger partial charge in [0.25, 0.3) is 5.91 Å². The van der Waals surface area contributed by atoms with Crippen molar-refractivity contribution < 1.29 is 27.9 Å². The van der Waals surface area contributed by atoms with Gasteiger partial charge in [-0.3, -0.25) is 4.79 Å². The van der Waals surface area contributed by atoms with Crippen LogP contribution in [-0.4, -0.2) is 73.6 Å². The fraction of sp³-hybridized carbons (Fsp3) is 0.500. The Hall–Kier alpha value is -2.13. The summed E-state index contributed by atoms with van der Waals surface area (Å²) in [5.74, 6) is -1.02. The minimum atomic E-state index is -3.15. The summed E-state index contributed by atoms with van der Waals surface area (Å²) in [4.78, 5) is 25.2. The number of ether oxygens (including phenoxy) is 1. The lowest BCUT2D eigenvalue weighted by Gasteiger charge is -2.37. The standard InChI is InChI=1S/C16H20N2O6S/c1-10-11(16(20)21)3-2-4-14(10)24-7-15(19)18-6-5-17-12-8-25(22,23)9-13(12)18/h2-4,12-13,17H,5-9H2,1H3,(H,20,21)/t12-,13+/m1/s1. The molecule has 2 saturated heterocycles. The van der Waals surface area contributed by atoms with Crippen molar-refractivity contribution in [1.29, 1.82) is 0 Å². The SMILES string of the molecule is Cc1c(OCC(=O)N2CCN[C@@H]3CS(=O)(=O)C[C@@H]32)cccc1C(=O)O. The average molecular weight is 368 g/mol. The van der Waals surface area contributed by atoms with E-state index in [0.717, 1.165) is 0 Å². The molecule has 8 nitrogen and oxygen atoms in total. The maximum absolute atomic E-state index is 12.5. The topological polar surface area (TPSA) is 113 Å². The van der Waals surface area contributed by atoms with Crippen molar-refractivity contribution in [2.45, 2.75) is 19.0 Å². The van der Waals surface area contributed by atoms with Crippen LogP contribution in [-0.2, 0) is 14.6 Å². The highest BCUT2D eigenvalue weighted by molar-refractivity contribution is 7.91. The van der Waals surface area contributed by atoms with Gasteiger partial charge in [0.1, 0.15) is 5.75 Å². The Morgan fingerprint density at radius 1 is 1.36 bits per heavy atom. The number of rotatable bonds is 4. The summed E-state index contributed by atoms with van der Waals surface area (Å²) in [6.07, 6.45) is 0. The molecule has 0 radical (unpaired) electrons. The molecule has 3 rings (SSSR count). The van der Waals surface area contributed by atoms with Crippen LogP contribution in [0.2, 0.25) is 0 Å². The molecule has 9 heteroatoms. The van der Waals surface area contributed by atoms with E-state index in [4.69, 9.17) is 9.84 Å². The lowest BCUT2D eigenvalue weighted by Crippen LogP contribution is -2.59. The van der Waals surface area contributed by atoms with Crippen molar-refractivity contribution in [3.63, 3.8) is 0 Å². The van der Waals surface area contributed by atoms with Crippen LogP contribution in [0.1, 0.15) is 15.9 Å². The number of piperazine rings is 1. The van der Waals surface area contributed by atoms with E-state index in [-0.39, 0.29) is 41.7 Å². The van der Waals surface area contributed by atoms with E-state index in [1.165, 1.54) is 6.07 Å². The number of hydrogen-bond donors (Lipinski definition) is 2. The number of carbonyl (C=O) groups excluding carboxylic acids is 1. The Bertz CT molecular complexity index is 807. The Morgan fingerprint density at radius 2 is 2.12 bits per heavy atom. The maximum atomic E-state index is 12.5. The Labute approximate surface area is 145 Å². The van der Waals surface area contributed by atoms with Crippen LogP contribution in [0.3, 0.4) is 0 Å². The molecule has 2 fully saturated rings. The number of benzene rings is 1. The number of sulfone groups is 1. The molecule has 2 heterocycles. The van der Waals surface area contributed by atoms with Crippen LogP contribution >= 0.6 is 0 Å². The van der Waals surface area contributed by atoms with Gasteiger partial charge < -0.3 is 20.1 Å². The van der Waals surface area contributed by atoms with Gasteiger partial charge in [0.2, 0.25) is 0 Å². The molecular weight excluding hydrogens is 348 g/mol. The first-order chi connectivity index (χ1) is 11.8. The Balaban J connectivity index is 1.69. The zero-order chi connectivity index (χ0) is 18.2. The number of fused-ring (bicyclic) bond motifs is 1. The highest BCUT2D eigenvalue weighted by atomic mass is 32.2. The number of carboxylic acid groups (broad SMARTS) is 1. The predicted octanol–water partition coefficient (Wildman–Crippen LogP) is -0.331. The predicted molar refractivity (Wildman–Crippen MR) is 89.6 cm³/mol. The van der Waals surface area contributed by atoms with Gasteiger partial charge in [-0.05, 0) is 19.1 Å². The second-order valence-corrected chi connectivity index (χ2v) is 8.47. The number of carbonyl (C=O) groups is 2. The molecule has 0 spiro atoms. The first-order valence-electron chi connectivity index (χ1n) is 7.97. The van der Waals surface area contributed by atoms with E-state index in [0.29, 0.717) is 24.4 Å². The zero-order valence-corrected chi connectivity index (χ0v) is 14.6. The minimum Gasteiger partial charge on any atom is -0.483 e. The number of amides is 1. The Kier molecular flexibility index (Phi) is 4.70. The fourth-order valence-corrected chi connectivity index (χ4v) is 5.36. The van der Waals surface area contributed by atoms with Crippen molar-refractivity contribution >= 4 is 21.7 Å². The normalized spacial score (nSPS) is 24.6. The number of aromatic carboxylic acids is 1. The van der Waals surface area contributed by atoms with Gasteiger partial charge in [-0.15, -0.1) is 0 Å². The molecule has 1 aromatic rings. The van der Waals surface area contributed by atoms with Crippen molar-refractivity contribution in [3.8, 4) is 5.75 Å². The summed E-state index contributed by atoms with van der Waals surface area (Å²) in [6.45, 7) is 2.32. The van der Waals surface area contributed by atoms with E-state index in [2.05, 4.69) is 5.32 Å². The molecule has 1 aromatic carbocycles.